The second-order valence-corrected chi connectivity index (χ2v) is 6.78. The Hall–Kier alpha value is -1.38. The molecule has 2 heterocycles. The van der Waals surface area contributed by atoms with E-state index in [9.17, 15) is 0 Å². The maximum Gasteiger partial charge on any atom is 0.0316 e. The zero-order valence-electron chi connectivity index (χ0n) is 15.1. The number of alkyl halides is 1. The number of hydrogen-bond donors (Lipinski definition) is 0. The van der Waals surface area contributed by atoms with E-state index in [1.54, 1.807) is 5.57 Å². The third-order valence-corrected chi connectivity index (χ3v) is 5.35. The van der Waals surface area contributed by atoms with Crippen molar-refractivity contribution in [1.29, 1.82) is 0 Å². The Morgan fingerprint density at radius 2 is 1.36 bits per heavy atom. The van der Waals surface area contributed by atoms with Crippen LogP contribution in [0.15, 0.2) is 66.2 Å². The predicted molar refractivity (Wildman–Crippen MR) is 112 cm³/mol. The highest BCUT2D eigenvalue weighted by Gasteiger charge is 2.31. The Bertz CT molecular complexity index is 634. The molecule has 0 spiro atoms. The summed E-state index contributed by atoms with van der Waals surface area (Å²) in [5.74, 6) is 1.81. The third kappa shape index (κ3) is 4.24. The van der Waals surface area contributed by atoms with Crippen LogP contribution in [0, 0.1) is 0 Å². The first-order chi connectivity index (χ1) is 12.4. The van der Waals surface area contributed by atoms with Crippen molar-refractivity contribution in [2.75, 3.05) is 18.9 Å². The minimum atomic E-state index is 0.660. The van der Waals surface area contributed by atoms with Crippen LogP contribution in [-0.2, 0) is 0 Å². The Balaban J connectivity index is 0.000000880. The molecule has 1 nitrogen and oxygen atoms in total. The van der Waals surface area contributed by atoms with E-state index in [0.717, 1.165) is 0 Å². The van der Waals surface area contributed by atoms with Gasteiger partial charge in [-0.15, -0.1) is 0 Å². The van der Waals surface area contributed by atoms with Gasteiger partial charge in [0.2, 0.25) is 0 Å². The van der Waals surface area contributed by atoms with Gasteiger partial charge < -0.3 is 0 Å². The standard InChI is InChI=1S/C22H25N.CH3Br/c1-3-10-18(11-4-1)22(19-12-5-2-6-13-19)20-14-9-17-23-16-8-7-15-21(20)23;1-2/h1-6,10-13,21H,7-9,14-17H2;1H3. The van der Waals surface area contributed by atoms with Crippen molar-refractivity contribution in [1.82, 2.24) is 4.90 Å². The molecule has 0 bridgehead atoms. The molecule has 2 aromatic carbocycles. The Kier molecular flexibility index (Phi) is 6.89. The molecule has 132 valence electrons. The largest absolute Gasteiger partial charge is 0.297 e. The molecule has 2 aliphatic rings. The SMILES string of the molecule is CBr.c1ccc(C(=C2CCCN3CCCCC23)c2ccccc2)cc1. The molecule has 0 aliphatic carbocycles. The zero-order valence-corrected chi connectivity index (χ0v) is 16.7. The highest BCUT2D eigenvalue weighted by Crippen LogP contribution is 2.38. The van der Waals surface area contributed by atoms with Gasteiger partial charge in [-0.05, 0) is 66.9 Å². The number of fused-ring (bicyclic) bond motifs is 1. The second kappa shape index (κ2) is 9.35. The normalized spacial score (nSPS) is 20.2. The molecule has 0 N–H and O–H groups in total. The number of rotatable bonds is 2. The van der Waals surface area contributed by atoms with Gasteiger partial charge in [0.25, 0.3) is 0 Å². The first kappa shape index (κ1) is 18.4. The fourth-order valence-corrected chi connectivity index (χ4v) is 4.33. The monoisotopic (exact) mass is 397 g/mol. The summed E-state index contributed by atoms with van der Waals surface area (Å²) < 4.78 is 0. The summed E-state index contributed by atoms with van der Waals surface area (Å²) in [5.41, 5.74) is 5.92. The lowest BCUT2D eigenvalue weighted by molar-refractivity contribution is 0.148. The topological polar surface area (TPSA) is 3.24 Å². The molecule has 0 radical (unpaired) electrons. The first-order valence-corrected chi connectivity index (χ1v) is 11.0. The number of halogens is 1. The van der Waals surface area contributed by atoms with Gasteiger partial charge in [-0.3, -0.25) is 4.90 Å². The lowest BCUT2D eigenvalue weighted by Gasteiger charge is -2.42. The summed E-state index contributed by atoms with van der Waals surface area (Å²) in [6.07, 6.45) is 6.63. The molecular formula is C23H28BrN. The van der Waals surface area contributed by atoms with E-state index < -0.39 is 0 Å². The van der Waals surface area contributed by atoms with Crippen molar-refractivity contribution in [2.45, 2.75) is 38.1 Å². The number of hydrogen-bond acceptors (Lipinski definition) is 1. The third-order valence-electron chi connectivity index (χ3n) is 5.35. The molecule has 2 aliphatic heterocycles. The summed E-state index contributed by atoms with van der Waals surface area (Å²) >= 11 is 2.94. The Labute approximate surface area is 160 Å². The number of benzene rings is 2. The molecule has 1 unspecified atom stereocenters. The smallest absolute Gasteiger partial charge is 0.0316 e. The van der Waals surface area contributed by atoms with Crippen molar-refractivity contribution in [3.63, 3.8) is 0 Å². The van der Waals surface area contributed by atoms with E-state index in [4.69, 9.17) is 0 Å². The van der Waals surface area contributed by atoms with Crippen LogP contribution < -0.4 is 0 Å². The molecule has 25 heavy (non-hydrogen) atoms. The van der Waals surface area contributed by atoms with E-state index in [2.05, 4.69) is 81.5 Å². The minimum absolute atomic E-state index is 0.660. The van der Waals surface area contributed by atoms with Crippen molar-refractivity contribution < 1.29 is 0 Å². The van der Waals surface area contributed by atoms with E-state index in [0.29, 0.717) is 6.04 Å². The van der Waals surface area contributed by atoms with E-state index >= 15 is 0 Å². The molecule has 2 aromatic rings. The lowest BCUT2D eigenvalue weighted by Crippen LogP contribution is -2.44. The summed E-state index contributed by atoms with van der Waals surface area (Å²) in [7, 11) is 0. The summed E-state index contributed by atoms with van der Waals surface area (Å²) in [4.78, 5) is 2.73. The van der Waals surface area contributed by atoms with E-state index in [1.165, 1.54) is 61.9 Å². The van der Waals surface area contributed by atoms with Crippen LogP contribution in [0.1, 0.15) is 43.2 Å². The van der Waals surface area contributed by atoms with Gasteiger partial charge in [0.15, 0.2) is 0 Å². The maximum atomic E-state index is 2.94. The maximum absolute atomic E-state index is 2.94. The van der Waals surface area contributed by atoms with Gasteiger partial charge in [0.1, 0.15) is 0 Å². The Morgan fingerprint density at radius 1 is 0.800 bits per heavy atom. The molecular weight excluding hydrogens is 370 g/mol. The lowest BCUT2D eigenvalue weighted by atomic mass is 9.81. The molecule has 2 heteroatoms. The van der Waals surface area contributed by atoms with Gasteiger partial charge in [0, 0.05) is 6.04 Å². The zero-order chi connectivity index (χ0) is 17.5. The summed E-state index contributed by atoms with van der Waals surface area (Å²) in [5, 5.41) is 0. The fraction of sp³-hybridized carbons (Fsp3) is 0.391. The highest BCUT2D eigenvalue weighted by atomic mass is 79.9. The molecule has 0 amide bonds. The van der Waals surface area contributed by atoms with E-state index in [1.807, 2.05) is 5.83 Å². The van der Waals surface area contributed by atoms with Crippen LogP contribution in [-0.4, -0.2) is 29.9 Å². The molecule has 1 atom stereocenters. The minimum Gasteiger partial charge on any atom is -0.297 e. The summed E-state index contributed by atoms with van der Waals surface area (Å²) in [6.45, 7) is 2.57. The van der Waals surface area contributed by atoms with Crippen LogP contribution in [0.5, 0.6) is 0 Å². The number of nitrogens with zero attached hydrogens (tertiary/aromatic N) is 1. The second-order valence-electron chi connectivity index (χ2n) is 6.78. The van der Waals surface area contributed by atoms with Crippen LogP contribution >= 0.6 is 15.9 Å². The van der Waals surface area contributed by atoms with Crippen LogP contribution in [0.3, 0.4) is 0 Å². The number of piperidine rings is 2. The van der Waals surface area contributed by atoms with Crippen LogP contribution in [0.4, 0.5) is 0 Å². The predicted octanol–water partition coefficient (Wildman–Crippen LogP) is 6.15. The van der Waals surface area contributed by atoms with Gasteiger partial charge >= 0.3 is 0 Å². The van der Waals surface area contributed by atoms with Gasteiger partial charge in [-0.25, -0.2) is 0 Å². The highest BCUT2D eigenvalue weighted by molar-refractivity contribution is 9.08. The van der Waals surface area contributed by atoms with E-state index in [-0.39, 0.29) is 0 Å². The molecule has 2 saturated heterocycles. The average molecular weight is 398 g/mol. The molecule has 0 saturated carbocycles. The average Bonchev–Trinajstić information content (AvgIpc) is 2.72. The van der Waals surface area contributed by atoms with Crippen molar-refractivity contribution in [2.24, 2.45) is 0 Å². The van der Waals surface area contributed by atoms with Crippen molar-refractivity contribution in [3.8, 4) is 0 Å². The van der Waals surface area contributed by atoms with Gasteiger partial charge in [0.05, 0.1) is 0 Å². The summed E-state index contributed by atoms with van der Waals surface area (Å²) in [6, 6.07) is 22.7. The fourth-order valence-electron chi connectivity index (χ4n) is 4.33. The van der Waals surface area contributed by atoms with Gasteiger partial charge in [-0.2, -0.15) is 0 Å². The first-order valence-electron chi connectivity index (χ1n) is 9.39. The van der Waals surface area contributed by atoms with Crippen LogP contribution in [0.25, 0.3) is 5.57 Å². The molecule has 0 aromatic heterocycles. The van der Waals surface area contributed by atoms with Crippen LogP contribution in [0.2, 0.25) is 0 Å². The quantitative estimate of drug-likeness (QED) is 0.549. The van der Waals surface area contributed by atoms with Gasteiger partial charge in [-0.1, -0.05) is 83.0 Å². The van der Waals surface area contributed by atoms with Crippen molar-refractivity contribution in [3.05, 3.63) is 77.4 Å². The molecule has 4 rings (SSSR count). The molecule has 2 fully saturated rings. The van der Waals surface area contributed by atoms with Crippen molar-refractivity contribution >= 4 is 21.5 Å². The Morgan fingerprint density at radius 3 is 1.96 bits per heavy atom.